The normalized spacial score (nSPS) is 13.6. The van der Waals surface area contributed by atoms with Crippen LogP contribution in [0.1, 0.15) is 46.4 Å². The number of amides is 1. The van der Waals surface area contributed by atoms with Gasteiger partial charge in [-0.05, 0) is 32.8 Å². The van der Waals surface area contributed by atoms with Crippen LogP contribution < -0.4 is 10.6 Å². The maximum Gasteiger partial charge on any atom is 0.273 e. The van der Waals surface area contributed by atoms with Crippen LogP contribution in [-0.4, -0.2) is 43.9 Å². The Labute approximate surface area is 156 Å². The highest BCUT2D eigenvalue weighted by molar-refractivity contribution is 5.92. The van der Waals surface area contributed by atoms with Gasteiger partial charge < -0.3 is 15.2 Å². The van der Waals surface area contributed by atoms with Crippen molar-refractivity contribution < 1.29 is 9.32 Å². The quantitative estimate of drug-likeness (QED) is 0.614. The standard InChI is InChI=1S/C18H21N7O2/c1-11-7-12(2)25(23-11)17-9-16(21-10-22-17)19-5-6-20-18(26)14-8-15(27-24-14)13-3-4-13/h7-10,13H,3-6H2,1-2H3,(H,20,26)(H,19,21,22). The summed E-state index contributed by atoms with van der Waals surface area (Å²) < 4.78 is 6.97. The fourth-order valence-electron chi connectivity index (χ4n) is 2.83. The molecule has 2 N–H and O–H groups in total. The maximum atomic E-state index is 12.1. The van der Waals surface area contributed by atoms with Crippen molar-refractivity contribution in [1.29, 1.82) is 0 Å². The highest BCUT2D eigenvalue weighted by Crippen LogP contribution is 2.40. The van der Waals surface area contributed by atoms with Crippen LogP contribution in [0.5, 0.6) is 0 Å². The summed E-state index contributed by atoms with van der Waals surface area (Å²) in [5.41, 5.74) is 2.26. The van der Waals surface area contributed by atoms with Gasteiger partial charge in [0.1, 0.15) is 17.9 Å². The molecule has 3 heterocycles. The summed E-state index contributed by atoms with van der Waals surface area (Å²) in [6, 6.07) is 5.54. The van der Waals surface area contributed by atoms with Crippen molar-refractivity contribution in [3.63, 3.8) is 0 Å². The summed E-state index contributed by atoms with van der Waals surface area (Å²) in [4.78, 5) is 20.6. The molecule has 1 aliphatic carbocycles. The van der Waals surface area contributed by atoms with Gasteiger partial charge in [-0.25, -0.2) is 14.6 Å². The molecule has 0 aromatic carbocycles. The fraction of sp³-hybridized carbons (Fsp3) is 0.389. The lowest BCUT2D eigenvalue weighted by Gasteiger charge is -2.08. The van der Waals surface area contributed by atoms with Gasteiger partial charge >= 0.3 is 0 Å². The molecule has 4 rings (SSSR count). The molecule has 0 radical (unpaired) electrons. The Morgan fingerprint density at radius 2 is 2.07 bits per heavy atom. The Morgan fingerprint density at radius 1 is 1.22 bits per heavy atom. The lowest BCUT2D eigenvalue weighted by atomic mass is 10.3. The second-order valence-electron chi connectivity index (χ2n) is 6.67. The second-order valence-corrected chi connectivity index (χ2v) is 6.67. The number of carbonyl (C=O) groups is 1. The number of aryl methyl sites for hydroxylation is 2. The van der Waals surface area contributed by atoms with Gasteiger partial charge in [-0.2, -0.15) is 5.10 Å². The van der Waals surface area contributed by atoms with Gasteiger partial charge in [-0.3, -0.25) is 4.79 Å². The minimum Gasteiger partial charge on any atom is -0.368 e. The van der Waals surface area contributed by atoms with Crippen LogP contribution in [0.2, 0.25) is 0 Å². The van der Waals surface area contributed by atoms with Crippen molar-refractivity contribution in [3.05, 3.63) is 47.4 Å². The highest BCUT2D eigenvalue weighted by atomic mass is 16.5. The molecular formula is C18H21N7O2. The van der Waals surface area contributed by atoms with E-state index in [0.717, 1.165) is 30.0 Å². The van der Waals surface area contributed by atoms with Gasteiger partial charge in [-0.1, -0.05) is 5.16 Å². The average Bonchev–Trinajstić information content (AvgIpc) is 3.29. The first-order chi connectivity index (χ1) is 13.1. The molecule has 0 spiro atoms. The van der Waals surface area contributed by atoms with Gasteiger partial charge in [-0.15, -0.1) is 0 Å². The van der Waals surface area contributed by atoms with Gasteiger partial charge in [0.25, 0.3) is 5.91 Å². The van der Waals surface area contributed by atoms with E-state index in [2.05, 4.69) is 30.9 Å². The van der Waals surface area contributed by atoms with Crippen molar-refractivity contribution in [2.75, 3.05) is 18.4 Å². The molecule has 9 nitrogen and oxygen atoms in total. The molecule has 1 amide bonds. The summed E-state index contributed by atoms with van der Waals surface area (Å²) >= 11 is 0. The van der Waals surface area contributed by atoms with E-state index in [-0.39, 0.29) is 5.91 Å². The lowest BCUT2D eigenvalue weighted by Crippen LogP contribution is -2.29. The summed E-state index contributed by atoms with van der Waals surface area (Å²) in [6.07, 6.45) is 3.71. The SMILES string of the molecule is Cc1cc(C)n(-c2cc(NCCNC(=O)c3cc(C4CC4)on3)ncn2)n1. The van der Waals surface area contributed by atoms with Crippen LogP contribution in [0.25, 0.3) is 5.82 Å². The van der Waals surface area contributed by atoms with Crippen LogP contribution >= 0.6 is 0 Å². The van der Waals surface area contributed by atoms with Gasteiger partial charge in [0.05, 0.1) is 5.69 Å². The van der Waals surface area contributed by atoms with Crippen LogP contribution in [0.15, 0.2) is 29.0 Å². The second kappa shape index (κ2) is 7.18. The molecule has 1 fully saturated rings. The number of anilines is 1. The Kier molecular flexibility index (Phi) is 4.57. The largest absolute Gasteiger partial charge is 0.368 e. The minimum atomic E-state index is -0.238. The first-order valence-electron chi connectivity index (χ1n) is 8.94. The van der Waals surface area contributed by atoms with Crippen LogP contribution in [0.4, 0.5) is 5.82 Å². The van der Waals surface area contributed by atoms with Crippen LogP contribution in [0.3, 0.4) is 0 Å². The smallest absolute Gasteiger partial charge is 0.273 e. The maximum absolute atomic E-state index is 12.1. The summed E-state index contributed by atoms with van der Waals surface area (Å²) in [6.45, 7) is 4.87. The third-order valence-corrected chi connectivity index (χ3v) is 4.34. The number of rotatable bonds is 7. The Bertz CT molecular complexity index is 958. The molecule has 0 aliphatic heterocycles. The zero-order valence-electron chi connectivity index (χ0n) is 15.3. The number of hydrogen-bond acceptors (Lipinski definition) is 7. The predicted octanol–water partition coefficient (Wildman–Crippen LogP) is 1.99. The van der Waals surface area contributed by atoms with E-state index in [0.29, 0.717) is 36.3 Å². The molecule has 27 heavy (non-hydrogen) atoms. The molecule has 1 saturated carbocycles. The average molecular weight is 367 g/mol. The third-order valence-electron chi connectivity index (χ3n) is 4.34. The zero-order valence-corrected chi connectivity index (χ0v) is 15.3. The zero-order chi connectivity index (χ0) is 18.8. The molecular weight excluding hydrogens is 346 g/mol. The first kappa shape index (κ1) is 17.2. The molecule has 0 saturated heterocycles. The summed E-state index contributed by atoms with van der Waals surface area (Å²) in [5.74, 6) is 2.36. The fourth-order valence-corrected chi connectivity index (χ4v) is 2.83. The Morgan fingerprint density at radius 3 is 2.81 bits per heavy atom. The van der Waals surface area contributed by atoms with Crippen molar-refractivity contribution in [3.8, 4) is 5.82 Å². The predicted molar refractivity (Wildman–Crippen MR) is 97.9 cm³/mol. The van der Waals surface area contributed by atoms with E-state index < -0.39 is 0 Å². The van der Waals surface area contributed by atoms with Crippen molar-refractivity contribution in [1.82, 2.24) is 30.2 Å². The monoisotopic (exact) mass is 367 g/mol. The summed E-state index contributed by atoms with van der Waals surface area (Å²) in [7, 11) is 0. The molecule has 140 valence electrons. The molecule has 3 aromatic heterocycles. The van der Waals surface area contributed by atoms with E-state index in [9.17, 15) is 4.79 Å². The topological polar surface area (TPSA) is 111 Å². The third kappa shape index (κ3) is 3.97. The highest BCUT2D eigenvalue weighted by Gasteiger charge is 2.28. The Hall–Kier alpha value is -3.23. The minimum absolute atomic E-state index is 0.238. The van der Waals surface area contributed by atoms with E-state index >= 15 is 0 Å². The number of aromatic nitrogens is 5. The Balaban J connectivity index is 1.29. The van der Waals surface area contributed by atoms with E-state index in [1.165, 1.54) is 6.33 Å². The molecule has 0 bridgehead atoms. The van der Waals surface area contributed by atoms with Crippen LogP contribution in [-0.2, 0) is 0 Å². The number of hydrogen-bond donors (Lipinski definition) is 2. The first-order valence-corrected chi connectivity index (χ1v) is 8.94. The molecule has 0 atom stereocenters. The molecule has 1 aliphatic rings. The number of carbonyl (C=O) groups excluding carboxylic acids is 1. The van der Waals surface area contributed by atoms with E-state index in [4.69, 9.17) is 4.52 Å². The van der Waals surface area contributed by atoms with Crippen molar-refractivity contribution in [2.45, 2.75) is 32.6 Å². The number of nitrogens with zero attached hydrogens (tertiary/aromatic N) is 5. The molecule has 0 unspecified atom stereocenters. The molecule has 9 heteroatoms. The van der Waals surface area contributed by atoms with E-state index in [1.54, 1.807) is 10.7 Å². The summed E-state index contributed by atoms with van der Waals surface area (Å²) in [5, 5.41) is 14.2. The van der Waals surface area contributed by atoms with Crippen LogP contribution in [0, 0.1) is 13.8 Å². The van der Waals surface area contributed by atoms with E-state index in [1.807, 2.05) is 26.0 Å². The lowest BCUT2D eigenvalue weighted by molar-refractivity contribution is 0.0946. The number of nitrogens with one attached hydrogen (secondary N) is 2. The van der Waals surface area contributed by atoms with Gasteiger partial charge in [0.15, 0.2) is 11.5 Å². The molecule has 3 aromatic rings. The van der Waals surface area contributed by atoms with Crippen molar-refractivity contribution in [2.24, 2.45) is 0 Å². The van der Waals surface area contributed by atoms with Crippen molar-refractivity contribution >= 4 is 11.7 Å². The van der Waals surface area contributed by atoms with Gasteiger partial charge in [0.2, 0.25) is 0 Å². The van der Waals surface area contributed by atoms with Gasteiger partial charge in [0, 0.05) is 36.8 Å².